The van der Waals surface area contributed by atoms with Crippen molar-refractivity contribution in [3.05, 3.63) is 12.2 Å². The zero-order chi connectivity index (χ0) is 10.9. The largest absolute Gasteiger partial charge is 0.478 e. The Hall–Kier alpha value is -0.910. The van der Waals surface area contributed by atoms with Crippen molar-refractivity contribution in [3.63, 3.8) is 0 Å². The summed E-state index contributed by atoms with van der Waals surface area (Å²) in [5.41, 5.74) is 0.176. The Kier molecular flexibility index (Phi) is 10.3. The summed E-state index contributed by atoms with van der Waals surface area (Å²) in [4.78, 5) is 9.60. The first-order chi connectivity index (χ1) is 5.99. The molecule has 0 rings (SSSR count). The zero-order valence-corrected chi connectivity index (χ0v) is 7.60. The average molecular weight is 192 g/mol. The van der Waals surface area contributed by atoms with Crippen molar-refractivity contribution in [3.8, 4) is 0 Å². The lowest BCUT2D eigenvalue weighted by atomic mass is 10.2. The Morgan fingerprint density at radius 2 is 1.46 bits per heavy atom. The van der Waals surface area contributed by atoms with E-state index in [1.807, 2.05) is 0 Å². The predicted octanol–water partition coefficient (Wildman–Crippen LogP) is -0.773. The molecule has 0 aromatic heterocycles. The topological polar surface area (TPSA) is 98.0 Å². The van der Waals surface area contributed by atoms with Gasteiger partial charge < -0.3 is 20.4 Å². The Labute approximate surface area is 76.9 Å². The van der Waals surface area contributed by atoms with Gasteiger partial charge in [-0.1, -0.05) is 6.58 Å². The SMILES string of the molecule is C=C(C)C(=O)O.OCC(CO)CO. The molecule has 0 bridgehead atoms. The van der Waals surface area contributed by atoms with E-state index in [4.69, 9.17) is 20.4 Å². The first-order valence-electron chi connectivity index (χ1n) is 3.70. The van der Waals surface area contributed by atoms with Crippen LogP contribution in [-0.4, -0.2) is 46.2 Å². The summed E-state index contributed by atoms with van der Waals surface area (Å²) in [5.74, 6) is -1.28. The number of aliphatic hydroxyl groups excluding tert-OH is 3. The number of carbonyl (C=O) groups is 1. The maximum Gasteiger partial charge on any atom is 0.330 e. The first-order valence-corrected chi connectivity index (χ1v) is 3.70. The highest BCUT2D eigenvalue weighted by molar-refractivity contribution is 5.84. The molecule has 0 atom stereocenters. The monoisotopic (exact) mass is 192 g/mol. The van der Waals surface area contributed by atoms with Crippen LogP contribution in [0.4, 0.5) is 0 Å². The second kappa shape index (κ2) is 9.18. The highest BCUT2D eigenvalue weighted by atomic mass is 16.4. The molecule has 5 nitrogen and oxygen atoms in total. The summed E-state index contributed by atoms with van der Waals surface area (Å²) < 4.78 is 0. The van der Waals surface area contributed by atoms with E-state index in [2.05, 4.69) is 6.58 Å². The molecule has 0 unspecified atom stereocenters. The van der Waals surface area contributed by atoms with Gasteiger partial charge in [-0.2, -0.15) is 0 Å². The molecule has 0 saturated heterocycles. The minimum Gasteiger partial charge on any atom is -0.478 e. The van der Waals surface area contributed by atoms with Crippen LogP contribution in [-0.2, 0) is 4.79 Å². The van der Waals surface area contributed by atoms with Gasteiger partial charge in [0.15, 0.2) is 0 Å². The van der Waals surface area contributed by atoms with Crippen molar-refractivity contribution in [1.82, 2.24) is 0 Å². The molecule has 0 radical (unpaired) electrons. The number of hydrogen-bond donors (Lipinski definition) is 4. The van der Waals surface area contributed by atoms with E-state index in [0.29, 0.717) is 0 Å². The molecular weight excluding hydrogens is 176 g/mol. The average Bonchev–Trinajstić information content (AvgIpc) is 2.08. The molecule has 0 aromatic rings. The van der Waals surface area contributed by atoms with E-state index in [9.17, 15) is 4.79 Å². The summed E-state index contributed by atoms with van der Waals surface area (Å²) in [5, 5.41) is 32.5. The van der Waals surface area contributed by atoms with Gasteiger partial charge in [-0.3, -0.25) is 0 Å². The van der Waals surface area contributed by atoms with E-state index in [-0.39, 0.29) is 31.3 Å². The number of rotatable bonds is 4. The molecule has 0 fully saturated rings. The second-order valence-electron chi connectivity index (χ2n) is 2.50. The van der Waals surface area contributed by atoms with Gasteiger partial charge in [-0.05, 0) is 6.92 Å². The van der Waals surface area contributed by atoms with Gasteiger partial charge >= 0.3 is 5.97 Å². The van der Waals surface area contributed by atoms with Crippen molar-refractivity contribution in [2.75, 3.05) is 19.8 Å². The minimum absolute atomic E-state index is 0.146. The Morgan fingerprint density at radius 3 is 1.46 bits per heavy atom. The fraction of sp³-hybridized carbons (Fsp3) is 0.625. The maximum atomic E-state index is 9.60. The number of hydrogen-bond acceptors (Lipinski definition) is 4. The third kappa shape index (κ3) is 11.1. The van der Waals surface area contributed by atoms with E-state index in [0.717, 1.165) is 0 Å². The fourth-order valence-corrected chi connectivity index (χ4v) is 0.173. The van der Waals surface area contributed by atoms with Crippen LogP contribution in [0.3, 0.4) is 0 Å². The molecule has 0 aromatic carbocycles. The van der Waals surface area contributed by atoms with Gasteiger partial charge in [0.05, 0.1) is 19.8 Å². The minimum atomic E-state index is -0.935. The van der Waals surface area contributed by atoms with Gasteiger partial charge in [0, 0.05) is 11.5 Å². The van der Waals surface area contributed by atoms with Crippen LogP contribution >= 0.6 is 0 Å². The first kappa shape index (κ1) is 14.6. The Balaban J connectivity index is 0. The molecule has 78 valence electrons. The molecule has 13 heavy (non-hydrogen) atoms. The van der Waals surface area contributed by atoms with Crippen LogP contribution in [0.2, 0.25) is 0 Å². The van der Waals surface area contributed by atoms with Crippen molar-refractivity contribution in [1.29, 1.82) is 0 Å². The van der Waals surface area contributed by atoms with Crippen molar-refractivity contribution in [2.45, 2.75) is 6.92 Å². The quantitative estimate of drug-likeness (QED) is 0.438. The van der Waals surface area contributed by atoms with Gasteiger partial charge in [0.25, 0.3) is 0 Å². The molecule has 0 aliphatic heterocycles. The van der Waals surface area contributed by atoms with Crippen LogP contribution in [0.1, 0.15) is 6.92 Å². The molecule has 0 heterocycles. The van der Waals surface area contributed by atoms with E-state index in [1.165, 1.54) is 6.92 Å². The zero-order valence-electron chi connectivity index (χ0n) is 7.60. The van der Waals surface area contributed by atoms with Crippen LogP contribution in [0, 0.1) is 5.92 Å². The standard InChI is InChI=1S/C4H10O3.C4H6O2/c5-1-4(2-6)3-7;1-3(2)4(5)6/h4-7H,1-3H2;1H2,2H3,(H,5,6). The molecule has 0 spiro atoms. The fourth-order valence-electron chi connectivity index (χ4n) is 0.173. The highest BCUT2D eigenvalue weighted by Gasteiger charge is 2.00. The van der Waals surface area contributed by atoms with Gasteiger partial charge in [0.1, 0.15) is 0 Å². The summed E-state index contributed by atoms with van der Waals surface area (Å²) in [6.45, 7) is 4.16. The smallest absolute Gasteiger partial charge is 0.330 e. The molecular formula is C8H16O5. The lowest BCUT2D eigenvalue weighted by Crippen LogP contribution is -2.14. The van der Waals surface area contributed by atoms with Gasteiger partial charge in [-0.15, -0.1) is 0 Å². The van der Waals surface area contributed by atoms with Gasteiger partial charge in [-0.25, -0.2) is 4.79 Å². The van der Waals surface area contributed by atoms with E-state index in [1.54, 1.807) is 0 Å². The van der Waals surface area contributed by atoms with Crippen LogP contribution in [0.25, 0.3) is 0 Å². The van der Waals surface area contributed by atoms with Gasteiger partial charge in [0.2, 0.25) is 0 Å². The van der Waals surface area contributed by atoms with E-state index >= 15 is 0 Å². The number of aliphatic carboxylic acids is 1. The molecule has 0 aliphatic carbocycles. The highest BCUT2D eigenvalue weighted by Crippen LogP contribution is 1.87. The molecule has 0 aliphatic rings. The summed E-state index contributed by atoms with van der Waals surface area (Å²) in [7, 11) is 0. The lowest BCUT2D eigenvalue weighted by molar-refractivity contribution is -0.132. The normalized spacial score (nSPS) is 9.00. The van der Waals surface area contributed by atoms with Crippen molar-refractivity contribution in [2.24, 2.45) is 5.92 Å². The van der Waals surface area contributed by atoms with E-state index < -0.39 is 5.97 Å². The molecule has 5 heteroatoms. The van der Waals surface area contributed by atoms with Crippen LogP contribution in [0.15, 0.2) is 12.2 Å². The van der Waals surface area contributed by atoms with Crippen molar-refractivity contribution < 1.29 is 25.2 Å². The maximum absolute atomic E-state index is 9.60. The van der Waals surface area contributed by atoms with Crippen molar-refractivity contribution >= 4 is 5.97 Å². The number of aliphatic hydroxyl groups is 3. The molecule has 0 amide bonds. The Morgan fingerprint density at radius 1 is 1.23 bits per heavy atom. The summed E-state index contributed by atoms with van der Waals surface area (Å²) in [6, 6.07) is 0. The predicted molar refractivity (Wildman–Crippen MR) is 47.2 cm³/mol. The molecule has 0 saturated carbocycles. The number of carboxylic acid groups (broad SMARTS) is 1. The number of carboxylic acids is 1. The lowest BCUT2D eigenvalue weighted by Gasteiger charge is -2.02. The second-order valence-corrected chi connectivity index (χ2v) is 2.50. The third-order valence-corrected chi connectivity index (χ3v) is 1.14. The van der Waals surface area contributed by atoms with Crippen LogP contribution in [0.5, 0.6) is 0 Å². The molecule has 4 N–H and O–H groups in total. The third-order valence-electron chi connectivity index (χ3n) is 1.14. The summed E-state index contributed by atoms with van der Waals surface area (Å²) in [6.07, 6.45) is 0. The summed E-state index contributed by atoms with van der Waals surface area (Å²) >= 11 is 0. The van der Waals surface area contributed by atoms with Crippen LogP contribution < -0.4 is 0 Å². The Bertz CT molecular complexity index is 133.